The first kappa shape index (κ1) is 12.1. The second kappa shape index (κ2) is 3.88. The quantitative estimate of drug-likeness (QED) is 0.691. The molecule has 1 nitrogen and oxygen atoms in total. The lowest BCUT2D eigenvalue weighted by atomic mass is 9.79. The van der Waals surface area contributed by atoms with Crippen LogP contribution in [0.5, 0.6) is 0 Å². The second-order valence-corrected chi connectivity index (χ2v) is 3.57. The molecular formula is C8H16ClF2N. The maximum Gasteiger partial charge on any atom is 0.248 e. The summed E-state index contributed by atoms with van der Waals surface area (Å²) in [5, 5.41) is 0. The van der Waals surface area contributed by atoms with E-state index in [4.69, 9.17) is 5.73 Å². The topological polar surface area (TPSA) is 26.0 Å². The minimum absolute atomic E-state index is 0. The van der Waals surface area contributed by atoms with Crippen LogP contribution in [0.4, 0.5) is 8.78 Å². The number of hydrogen-bond donors (Lipinski definition) is 1. The average molecular weight is 200 g/mol. The van der Waals surface area contributed by atoms with Crippen LogP contribution in [0.2, 0.25) is 0 Å². The number of nitrogens with two attached hydrogens (primary N) is 1. The number of halogens is 3. The molecular weight excluding hydrogens is 184 g/mol. The van der Waals surface area contributed by atoms with Crippen LogP contribution in [0, 0.1) is 0 Å². The Kier molecular flexibility index (Phi) is 3.91. The van der Waals surface area contributed by atoms with Gasteiger partial charge in [-0.15, -0.1) is 12.4 Å². The van der Waals surface area contributed by atoms with E-state index in [2.05, 4.69) is 0 Å². The zero-order valence-corrected chi connectivity index (χ0v) is 8.09. The van der Waals surface area contributed by atoms with E-state index < -0.39 is 5.92 Å². The Balaban J connectivity index is 0.00000121. The van der Waals surface area contributed by atoms with E-state index in [1.165, 1.54) is 0 Å². The molecule has 0 saturated heterocycles. The fraction of sp³-hybridized carbons (Fsp3) is 1.00. The van der Waals surface area contributed by atoms with E-state index in [0.29, 0.717) is 12.8 Å². The monoisotopic (exact) mass is 199 g/mol. The maximum absolute atomic E-state index is 12.6. The molecule has 1 rings (SSSR count). The zero-order valence-electron chi connectivity index (χ0n) is 7.28. The third kappa shape index (κ3) is 2.87. The predicted octanol–water partition coefficient (Wildman–Crippen LogP) is 2.73. The highest BCUT2D eigenvalue weighted by molar-refractivity contribution is 5.85. The molecule has 0 aliphatic heterocycles. The summed E-state index contributed by atoms with van der Waals surface area (Å²) >= 11 is 0. The summed E-state index contributed by atoms with van der Waals surface area (Å²) in [6.45, 7) is 1.96. The number of rotatable bonds is 1. The Labute approximate surface area is 78.1 Å². The molecule has 1 fully saturated rings. The highest BCUT2D eigenvalue weighted by Gasteiger charge is 2.39. The zero-order chi connectivity index (χ0) is 8.54. The fourth-order valence-corrected chi connectivity index (χ4v) is 1.47. The van der Waals surface area contributed by atoms with Crippen molar-refractivity contribution in [1.82, 2.24) is 0 Å². The summed E-state index contributed by atoms with van der Waals surface area (Å²) in [4.78, 5) is 0. The van der Waals surface area contributed by atoms with Gasteiger partial charge in [0.1, 0.15) is 0 Å². The van der Waals surface area contributed by atoms with Gasteiger partial charge in [-0.25, -0.2) is 8.78 Å². The van der Waals surface area contributed by atoms with Crippen molar-refractivity contribution in [2.75, 3.05) is 0 Å². The van der Waals surface area contributed by atoms with Gasteiger partial charge in [-0.2, -0.15) is 0 Å². The van der Waals surface area contributed by atoms with Crippen LogP contribution in [0.15, 0.2) is 0 Å². The van der Waals surface area contributed by atoms with Gasteiger partial charge in [0.15, 0.2) is 0 Å². The largest absolute Gasteiger partial charge is 0.325 e. The Morgan fingerprint density at radius 3 is 1.92 bits per heavy atom. The van der Waals surface area contributed by atoms with Crippen LogP contribution in [0.3, 0.4) is 0 Å². The summed E-state index contributed by atoms with van der Waals surface area (Å²) < 4.78 is 25.3. The molecule has 0 aromatic rings. The van der Waals surface area contributed by atoms with Crippen molar-refractivity contribution in [1.29, 1.82) is 0 Å². The normalized spacial score (nSPS) is 26.0. The maximum atomic E-state index is 12.6. The van der Waals surface area contributed by atoms with Crippen molar-refractivity contribution in [3.63, 3.8) is 0 Å². The molecule has 4 heteroatoms. The van der Waals surface area contributed by atoms with Gasteiger partial charge in [0, 0.05) is 18.4 Å². The third-order valence-electron chi connectivity index (χ3n) is 2.68. The van der Waals surface area contributed by atoms with Crippen molar-refractivity contribution in [3.05, 3.63) is 0 Å². The Hall–Kier alpha value is 0.110. The molecule has 1 aliphatic rings. The van der Waals surface area contributed by atoms with Crippen LogP contribution in [-0.4, -0.2) is 11.5 Å². The summed E-state index contributed by atoms with van der Waals surface area (Å²) in [6, 6.07) is 0. The van der Waals surface area contributed by atoms with Crippen LogP contribution >= 0.6 is 12.4 Å². The van der Waals surface area contributed by atoms with Gasteiger partial charge in [0.25, 0.3) is 0 Å². The molecule has 1 saturated carbocycles. The van der Waals surface area contributed by atoms with E-state index >= 15 is 0 Å². The summed E-state index contributed by atoms with van der Waals surface area (Å²) in [5.74, 6) is -2.45. The van der Waals surface area contributed by atoms with Gasteiger partial charge in [0.05, 0.1) is 0 Å². The summed E-state index contributed by atoms with van der Waals surface area (Å²) in [6.07, 6.45) is 1.69. The molecule has 1 aliphatic carbocycles. The van der Waals surface area contributed by atoms with E-state index in [0.717, 1.165) is 6.42 Å². The lowest BCUT2D eigenvalue weighted by Crippen LogP contribution is -2.45. The summed E-state index contributed by atoms with van der Waals surface area (Å²) in [5.41, 5.74) is 5.54. The Morgan fingerprint density at radius 2 is 1.58 bits per heavy atom. The van der Waals surface area contributed by atoms with Crippen molar-refractivity contribution in [2.45, 2.75) is 50.5 Å². The lowest BCUT2D eigenvalue weighted by molar-refractivity contribution is -0.0509. The fourth-order valence-electron chi connectivity index (χ4n) is 1.47. The van der Waals surface area contributed by atoms with Crippen LogP contribution in [-0.2, 0) is 0 Å². The van der Waals surface area contributed by atoms with Crippen LogP contribution in [0.25, 0.3) is 0 Å². The van der Waals surface area contributed by atoms with Crippen molar-refractivity contribution < 1.29 is 8.78 Å². The van der Waals surface area contributed by atoms with E-state index in [1.807, 2.05) is 6.92 Å². The lowest BCUT2D eigenvalue weighted by Gasteiger charge is -2.36. The van der Waals surface area contributed by atoms with E-state index in [-0.39, 0.29) is 30.8 Å². The average Bonchev–Trinajstić information content (AvgIpc) is 1.97. The molecule has 0 bridgehead atoms. The molecule has 0 aromatic heterocycles. The molecule has 2 N–H and O–H groups in total. The molecule has 0 heterocycles. The first-order valence-corrected chi connectivity index (χ1v) is 4.14. The second-order valence-electron chi connectivity index (χ2n) is 3.57. The Bertz CT molecular complexity index is 140. The highest BCUT2D eigenvalue weighted by Crippen LogP contribution is 2.38. The van der Waals surface area contributed by atoms with E-state index in [9.17, 15) is 8.78 Å². The minimum atomic E-state index is -2.45. The van der Waals surface area contributed by atoms with E-state index in [1.54, 1.807) is 0 Å². The number of hydrogen-bond acceptors (Lipinski definition) is 1. The van der Waals surface area contributed by atoms with Crippen molar-refractivity contribution in [2.24, 2.45) is 5.73 Å². The Morgan fingerprint density at radius 1 is 1.17 bits per heavy atom. The first-order valence-electron chi connectivity index (χ1n) is 4.14. The molecule has 12 heavy (non-hydrogen) atoms. The van der Waals surface area contributed by atoms with Gasteiger partial charge in [-0.05, 0) is 19.3 Å². The number of alkyl halides is 2. The highest BCUT2D eigenvalue weighted by atomic mass is 35.5. The van der Waals surface area contributed by atoms with Gasteiger partial charge < -0.3 is 5.73 Å². The van der Waals surface area contributed by atoms with Crippen molar-refractivity contribution in [3.8, 4) is 0 Å². The molecule has 0 amide bonds. The van der Waals surface area contributed by atoms with Gasteiger partial charge >= 0.3 is 0 Å². The van der Waals surface area contributed by atoms with Gasteiger partial charge in [0.2, 0.25) is 5.92 Å². The standard InChI is InChI=1S/C8H15F2N.ClH/c1-2-7(11)3-5-8(9,10)6-4-7;/h2-6,11H2,1H3;1H. The van der Waals surface area contributed by atoms with Crippen LogP contribution in [0.1, 0.15) is 39.0 Å². The molecule has 74 valence electrons. The van der Waals surface area contributed by atoms with Gasteiger partial charge in [-0.1, -0.05) is 6.92 Å². The molecule has 0 radical (unpaired) electrons. The molecule has 0 atom stereocenters. The first-order chi connectivity index (χ1) is 4.97. The van der Waals surface area contributed by atoms with Crippen LogP contribution < -0.4 is 5.73 Å². The SMILES string of the molecule is CCC1(N)CCC(F)(F)CC1.Cl. The predicted molar refractivity (Wildman–Crippen MR) is 47.9 cm³/mol. The van der Waals surface area contributed by atoms with Gasteiger partial charge in [-0.3, -0.25) is 0 Å². The third-order valence-corrected chi connectivity index (χ3v) is 2.68. The van der Waals surface area contributed by atoms with Crippen molar-refractivity contribution >= 4 is 12.4 Å². The summed E-state index contributed by atoms with van der Waals surface area (Å²) in [7, 11) is 0. The molecule has 0 spiro atoms. The smallest absolute Gasteiger partial charge is 0.248 e. The minimum Gasteiger partial charge on any atom is -0.325 e. The molecule has 0 unspecified atom stereocenters. The molecule has 0 aromatic carbocycles.